The van der Waals surface area contributed by atoms with Gasteiger partial charge in [0, 0.05) is 16.7 Å². The lowest BCUT2D eigenvalue weighted by molar-refractivity contribution is 0.557. The van der Waals surface area contributed by atoms with E-state index in [4.69, 9.17) is 5.73 Å². The fourth-order valence-electron chi connectivity index (χ4n) is 1.44. The van der Waals surface area contributed by atoms with Crippen molar-refractivity contribution in [3.05, 3.63) is 20.8 Å². The number of anilines is 1. The minimum absolute atomic E-state index is 0.280. The zero-order chi connectivity index (χ0) is 12.4. The molecule has 0 aliphatic carbocycles. The van der Waals surface area contributed by atoms with E-state index >= 15 is 0 Å². The Hall–Kier alpha value is -0.530. The number of aromatic nitrogens is 3. The number of halogens is 1. The van der Waals surface area contributed by atoms with Crippen LogP contribution in [-0.4, -0.2) is 14.8 Å². The summed E-state index contributed by atoms with van der Waals surface area (Å²) >= 11 is 6.85. The molecule has 0 saturated carbocycles. The van der Waals surface area contributed by atoms with Crippen LogP contribution >= 0.6 is 39.0 Å². The van der Waals surface area contributed by atoms with Crippen molar-refractivity contribution < 1.29 is 0 Å². The molecular weight excluding hydrogens is 320 g/mol. The third-order valence-corrected chi connectivity index (χ3v) is 4.98. The Kier molecular flexibility index (Phi) is 4.11. The molecule has 92 valence electrons. The van der Waals surface area contributed by atoms with Crippen molar-refractivity contribution in [2.24, 2.45) is 0 Å². The van der Waals surface area contributed by atoms with Gasteiger partial charge in [0.25, 0.3) is 0 Å². The first-order valence-corrected chi connectivity index (χ1v) is 7.75. The van der Waals surface area contributed by atoms with Gasteiger partial charge in [0.15, 0.2) is 5.16 Å². The highest BCUT2D eigenvalue weighted by atomic mass is 79.9. The molecule has 2 aromatic heterocycles. The second-order valence-corrected chi connectivity index (χ2v) is 7.29. The molecule has 2 aromatic rings. The predicted molar refractivity (Wildman–Crippen MR) is 76.4 cm³/mol. The van der Waals surface area contributed by atoms with E-state index in [1.165, 1.54) is 4.88 Å². The summed E-state index contributed by atoms with van der Waals surface area (Å²) in [5, 5.41) is 8.90. The van der Waals surface area contributed by atoms with Gasteiger partial charge >= 0.3 is 0 Å². The number of nitrogen functional groups attached to an aromatic ring is 1. The SMILES string of the molecule is CC(C)n1c(N)nnc1SCc1ccc(Br)s1. The van der Waals surface area contributed by atoms with E-state index in [1.807, 2.05) is 4.57 Å². The van der Waals surface area contributed by atoms with Crippen LogP contribution in [0.4, 0.5) is 5.95 Å². The minimum atomic E-state index is 0.280. The number of nitrogens with zero attached hydrogens (tertiary/aromatic N) is 3. The number of thioether (sulfide) groups is 1. The molecule has 0 unspecified atom stereocenters. The smallest absolute Gasteiger partial charge is 0.222 e. The van der Waals surface area contributed by atoms with E-state index in [0.717, 1.165) is 14.7 Å². The Morgan fingerprint density at radius 1 is 1.47 bits per heavy atom. The van der Waals surface area contributed by atoms with Crippen molar-refractivity contribution in [3.8, 4) is 0 Å². The predicted octanol–water partition coefficient (Wildman–Crippen LogP) is 3.56. The van der Waals surface area contributed by atoms with Crippen molar-refractivity contribution in [2.75, 3.05) is 5.73 Å². The van der Waals surface area contributed by atoms with Crippen molar-refractivity contribution >= 4 is 45.0 Å². The largest absolute Gasteiger partial charge is 0.368 e. The van der Waals surface area contributed by atoms with E-state index in [1.54, 1.807) is 23.1 Å². The average molecular weight is 333 g/mol. The van der Waals surface area contributed by atoms with Gasteiger partial charge in [-0.05, 0) is 41.9 Å². The second-order valence-electron chi connectivity index (χ2n) is 3.80. The molecule has 0 aromatic carbocycles. The molecule has 0 saturated heterocycles. The number of nitrogens with two attached hydrogens (primary N) is 1. The molecule has 0 amide bonds. The van der Waals surface area contributed by atoms with Crippen LogP contribution in [-0.2, 0) is 5.75 Å². The molecule has 0 spiro atoms. The third kappa shape index (κ3) is 3.02. The highest BCUT2D eigenvalue weighted by Crippen LogP contribution is 2.30. The zero-order valence-electron chi connectivity index (χ0n) is 9.55. The van der Waals surface area contributed by atoms with Crippen molar-refractivity contribution in [2.45, 2.75) is 30.8 Å². The highest BCUT2D eigenvalue weighted by molar-refractivity contribution is 9.11. The summed E-state index contributed by atoms with van der Waals surface area (Å²) < 4.78 is 3.10. The third-order valence-electron chi connectivity index (χ3n) is 2.18. The lowest BCUT2D eigenvalue weighted by atomic mass is 10.4. The summed E-state index contributed by atoms with van der Waals surface area (Å²) in [6.45, 7) is 4.15. The van der Waals surface area contributed by atoms with Gasteiger partial charge in [-0.25, -0.2) is 0 Å². The first kappa shape index (κ1) is 12.9. The Bertz CT molecular complexity index is 506. The molecule has 17 heavy (non-hydrogen) atoms. The van der Waals surface area contributed by atoms with E-state index in [9.17, 15) is 0 Å². The zero-order valence-corrected chi connectivity index (χ0v) is 12.8. The van der Waals surface area contributed by atoms with Crippen LogP contribution in [0.25, 0.3) is 0 Å². The Balaban J connectivity index is 2.09. The van der Waals surface area contributed by atoms with Crippen molar-refractivity contribution in [1.29, 1.82) is 0 Å². The summed E-state index contributed by atoms with van der Waals surface area (Å²) in [7, 11) is 0. The highest BCUT2D eigenvalue weighted by Gasteiger charge is 2.13. The summed E-state index contributed by atoms with van der Waals surface area (Å²) in [5.41, 5.74) is 5.79. The fraction of sp³-hybridized carbons (Fsp3) is 0.400. The van der Waals surface area contributed by atoms with Crippen LogP contribution in [0, 0.1) is 0 Å². The van der Waals surface area contributed by atoms with Crippen LogP contribution < -0.4 is 5.73 Å². The Morgan fingerprint density at radius 3 is 2.82 bits per heavy atom. The standard InChI is InChI=1S/C10H13BrN4S2/c1-6(2)15-9(12)13-14-10(15)16-5-7-3-4-8(11)17-7/h3-4,6H,5H2,1-2H3,(H2,12,13). The van der Waals surface area contributed by atoms with Crippen molar-refractivity contribution in [3.63, 3.8) is 0 Å². The normalized spacial score (nSPS) is 11.3. The van der Waals surface area contributed by atoms with E-state index < -0.39 is 0 Å². The van der Waals surface area contributed by atoms with Gasteiger partial charge in [0.1, 0.15) is 0 Å². The van der Waals surface area contributed by atoms with Crippen molar-refractivity contribution in [1.82, 2.24) is 14.8 Å². The molecule has 0 aliphatic rings. The number of hydrogen-bond donors (Lipinski definition) is 1. The van der Waals surface area contributed by atoms with Gasteiger partial charge in [-0.2, -0.15) is 0 Å². The molecule has 2 rings (SSSR count). The summed E-state index contributed by atoms with van der Waals surface area (Å²) in [6.07, 6.45) is 0. The molecule has 0 fully saturated rings. The molecule has 0 radical (unpaired) electrons. The molecule has 7 heteroatoms. The molecule has 2 N–H and O–H groups in total. The molecular formula is C10H13BrN4S2. The van der Waals surface area contributed by atoms with E-state index in [0.29, 0.717) is 5.95 Å². The number of rotatable bonds is 4. The molecule has 0 aliphatic heterocycles. The quantitative estimate of drug-likeness (QED) is 0.869. The maximum atomic E-state index is 5.79. The molecule has 4 nitrogen and oxygen atoms in total. The van der Waals surface area contributed by atoms with E-state index in [2.05, 4.69) is 52.1 Å². The minimum Gasteiger partial charge on any atom is -0.368 e. The Labute approximate surface area is 117 Å². The van der Waals surface area contributed by atoms with Gasteiger partial charge in [-0.15, -0.1) is 21.5 Å². The average Bonchev–Trinajstić information content (AvgIpc) is 2.82. The van der Waals surface area contributed by atoms with Crippen LogP contribution in [0.3, 0.4) is 0 Å². The first-order valence-electron chi connectivity index (χ1n) is 5.15. The molecule has 2 heterocycles. The molecule has 0 atom stereocenters. The Morgan fingerprint density at radius 2 is 2.24 bits per heavy atom. The van der Waals surface area contributed by atoms with Gasteiger partial charge in [-0.3, -0.25) is 4.57 Å². The van der Waals surface area contributed by atoms with Crippen LogP contribution in [0.1, 0.15) is 24.8 Å². The first-order chi connectivity index (χ1) is 8.08. The van der Waals surface area contributed by atoms with Crippen LogP contribution in [0.5, 0.6) is 0 Å². The summed E-state index contributed by atoms with van der Waals surface area (Å²) in [4.78, 5) is 1.30. The fourth-order valence-corrected chi connectivity index (χ4v) is 4.04. The van der Waals surface area contributed by atoms with Gasteiger partial charge < -0.3 is 5.73 Å². The van der Waals surface area contributed by atoms with Gasteiger partial charge in [0.05, 0.1) is 3.79 Å². The lowest BCUT2D eigenvalue weighted by Crippen LogP contribution is -2.06. The van der Waals surface area contributed by atoms with Gasteiger partial charge in [0.2, 0.25) is 5.95 Å². The number of hydrogen-bond acceptors (Lipinski definition) is 5. The summed E-state index contributed by atoms with van der Waals surface area (Å²) in [5.74, 6) is 1.37. The lowest BCUT2D eigenvalue weighted by Gasteiger charge is -2.10. The maximum absolute atomic E-state index is 5.79. The molecule has 0 bridgehead atoms. The number of thiophene rings is 1. The van der Waals surface area contributed by atoms with E-state index in [-0.39, 0.29) is 6.04 Å². The van der Waals surface area contributed by atoms with Gasteiger partial charge in [-0.1, -0.05) is 11.8 Å². The maximum Gasteiger partial charge on any atom is 0.222 e. The topological polar surface area (TPSA) is 56.7 Å². The summed E-state index contributed by atoms with van der Waals surface area (Å²) in [6, 6.07) is 4.45. The second kappa shape index (κ2) is 5.41. The van der Waals surface area contributed by atoms with Crippen LogP contribution in [0.15, 0.2) is 21.1 Å². The monoisotopic (exact) mass is 332 g/mol. The van der Waals surface area contributed by atoms with Crippen LogP contribution in [0.2, 0.25) is 0 Å².